The molecular formula is C22H40O3Si. The summed E-state index contributed by atoms with van der Waals surface area (Å²) in [5.41, 5.74) is 1.79. The van der Waals surface area contributed by atoms with Crippen molar-refractivity contribution < 1.29 is 14.0 Å². The first kappa shape index (κ1) is 23.0. The molecule has 26 heavy (non-hydrogen) atoms. The minimum Gasteiger partial charge on any atom is -0.546 e. The SMILES string of the molecule is CC(C)[Si](O/C1=C/CCCC/C=C(/OC=O)CCCC1)(C(C)C)C(C)C. The summed E-state index contributed by atoms with van der Waals surface area (Å²) in [6.07, 6.45) is 12.7. The highest BCUT2D eigenvalue weighted by Crippen LogP contribution is 2.44. The summed E-state index contributed by atoms with van der Waals surface area (Å²) in [7, 11) is -1.88. The molecule has 0 atom stereocenters. The van der Waals surface area contributed by atoms with Gasteiger partial charge in [-0.2, -0.15) is 0 Å². The summed E-state index contributed by atoms with van der Waals surface area (Å²) in [5, 5.41) is 0. The highest BCUT2D eigenvalue weighted by atomic mass is 28.4. The maximum Gasteiger partial charge on any atom is 0.298 e. The molecule has 0 aromatic heterocycles. The van der Waals surface area contributed by atoms with E-state index >= 15 is 0 Å². The number of hydrogen-bond acceptors (Lipinski definition) is 3. The van der Waals surface area contributed by atoms with E-state index in [0.29, 0.717) is 23.1 Å². The minimum absolute atomic E-state index is 0.556. The zero-order chi connectivity index (χ0) is 19.6. The predicted octanol–water partition coefficient (Wildman–Crippen LogP) is 7.25. The van der Waals surface area contributed by atoms with Crippen LogP contribution in [0.15, 0.2) is 23.7 Å². The van der Waals surface area contributed by atoms with Gasteiger partial charge in [0.15, 0.2) is 0 Å². The van der Waals surface area contributed by atoms with Crippen molar-refractivity contribution in [1.29, 1.82) is 0 Å². The van der Waals surface area contributed by atoms with E-state index in [1.54, 1.807) is 0 Å². The van der Waals surface area contributed by atoms with Crippen molar-refractivity contribution in [2.45, 2.75) is 110 Å². The van der Waals surface area contributed by atoms with Crippen LogP contribution in [0.25, 0.3) is 0 Å². The molecule has 4 heteroatoms. The van der Waals surface area contributed by atoms with Crippen LogP contribution in [0, 0.1) is 0 Å². The van der Waals surface area contributed by atoms with Gasteiger partial charge in [-0.25, -0.2) is 0 Å². The zero-order valence-corrected chi connectivity index (χ0v) is 18.8. The first-order valence-electron chi connectivity index (χ1n) is 10.5. The van der Waals surface area contributed by atoms with Crippen molar-refractivity contribution in [1.82, 2.24) is 0 Å². The molecule has 3 nitrogen and oxygen atoms in total. The van der Waals surface area contributed by atoms with Crippen LogP contribution in [0.4, 0.5) is 0 Å². The number of hydrogen-bond donors (Lipinski definition) is 0. The van der Waals surface area contributed by atoms with Gasteiger partial charge in [0.05, 0.1) is 5.76 Å². The van der Waals surface area contributed by atoms with Crippen molar-refractivity contribution in [3.8, 4) is 0 Å². The van der Waals surface area contributed by atoms with Crippen LogP contribution in [0.2, 0.25) is 16.6 Å². The van der Waals surface area contributed by atoms with Crippen molar-refractivity contribution in [3.63, 3.8) is 0 Å². The lowest BCUT2D eigenvalue weighted by molar-refractivity contribution is -0.125. The molecule has 0 N–H and O–H groups in total. The van der Waals surface area contributed by atoms with E-state index in [1.165, 1.54) is 5.76 Å². The quantitative estimate of drug-likeness (QED) is 0.344. The number of allylic oxidation sites excluding steroid dienone is 4. The largest absolute Gasteiger partial charge is 0.546 e. The van der Waals surface area contributed by atoms with Gasteiger partial charge in [-0.15, -0.1) is 0 Å². The van der Waals surface area contributed by atoms with Gasteiger partial charge in [0.25, 0.3) is 14.8 Å². The van der Waals surface area contributed by atoms with E-state index in [0.717, 1.165) is 57.1 Å². The Hall–Kier alpha value is -1.03. The first-order valence-corrected chi connectivity index (χ1v) is 12.7. The second-order valence-corrected chi connectivity index (χ2v) is 13.8. The molecule has 0 radical (unpaired) electrons. The smallest absolute Gasteiger partial charge is 0.298 e. The standard InChI is InChI=1S/C22H40O3Si/c1-18(2)26(19(3)4,20(5)6)25-22-15-10-8-7-9-13-21(24-17-23)14-11-12-16-22/h13,15,17-20H,7-12,14,16H2,1-6H3/b21-13+,22-15+. The normalized spacial score (nSPS) is 22.0. The Morgan fingerprint density at radius 3 is 1.73 bits per heavy atom. The number of rotatable bonds is 7. The minimum atomic E-state index is -1.88. The van der Waals surface area contributed by atoms with Gasteiger partial charge in [0, 0.05) is 12.8 Å². The number of carbonyl (C=O) groups excluding carboxylic acids is 1. The van der Waals surface area contributed by atoms with E-state index in [2.05, 4.69) is 53.7 Å². The highest BCUT2D eigenvalue weighted by molar-refractivity contribution is 6.77. The Bertz CT molecular complexity index is 456. The van der Waals surface area contributed by atoms with Crippen LogP contribution < -0.4 is 0 Å². The Labute approximate surface area is 162 Å². The van der Waals surface area contributed by atoms with Crippen molar-refractivity contribution in [2.24, 2.45) is 0 Å². The fraction of sp³-hybridized carbons (Fsp3) is 0.773. The van der Waals surface area contributed by atoms with Crippen LogP contribution >= 0.6 is 0 Å². The number of ether oxygens (including phenoxy) is 1. The van der Waals surface area contributed by atoms with Crippen molar-refractivity contribution >= 4 is 14.8 Å². The predicted molar refractivity (Wildman–Crippen MR) is 112 cm³/mol. The van der Waals surface area contributed by atoms with Crippen LogP contribution in [0.5, 0.6) is 0 Å². The van der Waals surface area contributed by atoms with Crippen LogP contribution in [-0.4, -0.2) is 14.8 Å². The summed E-state index contributed by atoms with van der Waals surface area (Å²) in [6.45, 7) is 14.6. The molecule has 1 rings (SSSR count). The molecule has 0 spiro atoms. The van der Waals surface area contributed by atoms with E-state index < -0.39 is 8.32 Å². The Balaban J connectivity index is 2.88. The van der Waals surface area contributed by atoms with Gasteiger partial charge in [-0.3, -0.25) is 4.79 Å². The average Bonchev–Trinajstić information content (AvgIpc) is 2.55. The summed E-state index contributed by atoms with van der Waals surface area (Å²) in [6, 6.07) is 0. The topological polar surface area (TPSA) is 35.5 Å². The van der Waals surface area contributed by atoms with Crippen LogP contribution in [-0.2, 0) is 14.0 Å². The molecule has 0 bridgehead atoms. The molecule has 1 aliphatic carbocycles. The molecular weight excluding hydrogens is 340 g/mol. The first-order chi connectivity index (χ1) is 12.3. The average molecular weight is 381 g/mol. The maximum atomic E-state index is 10.7. The van der Waals surface area contributed by atoms with Gasteiger partial charge in [0.1, 0.15) is 5.76 Å². The van der Waals surface area contributed by atoms with Gasteiger partial charge in [-0.05, 0) is 67.3 Å². The summed E-state index contributed by atoms with van der Waals surface area (Å²) in [5.74, 6) is 2.05. The number of carbonyl (C=O) groups is 1. The molecule has 0 saturated carbocycles. The zero-order valence-electron chi connectivity index (χ0n) is 17.8. The van der Waals surface area contributed by atoms with Gasteiger partial charge < -0.3 is 9.16 Å². The maximum absolute atomic E-state index is 10.7. The van der Waals surface area contributed by atoms with Gasteiger partial charge in [-0.1, -0.05) is 41.5 Å². The molecule has 0 aliphatic heterocycles. The molecule has 0 saturated heterocycles. The van der Waals surface area contributed by atoms with E-state index in [1.807, 2.05) is 0 Å². The molecule has 0 aromatic rings. The van der Waals surface area contributed by atoms with E-state index in [-0.39, 0.29) is 0 Å². The lowest BCUT2D eigenvalue weighted by atomic mass is 10.1. The lowest BCUT2D eigenvalue weighted by Crippen LogP contribution is -2.47. The second kappa shape index (κ2) is 11.6. The van der Waals surface area contributed by atoms with Crippen molar-refractivity contribution in [3.05, 3.63) is 23.7 Å². The second-order valence-electron chi connectivity index (χ2n) is 8.47. The highest BCUT2D eigenvalue weighted by Gasteiger charge is 2.47. The summed E-state index contributed by atoms with van der Waals surface area (Å²) < 4.78 is 12.1. The third-order valence-electron chi connectivity index (χ3n) is 5.71. The van der Waals surface area contributed by atoms with Gasteiger partial charge >= 0.3 is 0 Å². The van der Waals surface area contributed by atoms with Crippen LogP contribution in [0.3, 0.4) is 0 Å². The molecule has 0 unspecified atom stereocenters. The van der Waals surface area contributed by atoms with Gasteiger partial charge in [0.2, 0.25) is 0 Å². The Morgan fingerprint density at radius 1 is 0.808 bits per heavy atom. The molecule has 150 valence electrons. The molecule has 0 heterocycles. The Kier molecular flexibility index (Phi) is 10.3. The van der Waals surface area contributed by atoms with E-state index in [4.69, 9.17) is 9.16 Å². The lowest BCUT2D eigenvalue weighted by Gasteiger charge is -2.43. The summed E-state index contributed by atoms with van der Waals surface area (Å²) >= 11 is 0. The fourth-order valence-electron chi connectivity index (χ4n) is 4.46. The third-order valence-corrected chi connectivity index (χ3v) is 11.7. The van der Waals surface area contributed by atoms with Crippen LogP contribution in [0.1, 0.15) is 92.9 Å². The third kappa shape index (κ3) is 6.60. The molecule has 1 aliphatic rings. The monoisotopic (exact) mass is 380 g/mol. The molecule has 0 aromatic carbocycles. The Morgan fingerprint density at radius 2 is 1.27 bits per heavy atom. The van der Waals surface area contributed by atoms with Crippen molar-refractivity contribution in [2.75, 3.05) is 0 Å². The fourth-order valence-corrected chi connectivity index (χ4v) is 9.81. The molecule has 0 fully saturated rings. The summed E-state index contributed by atoms with van der Waals surface area (Å²) in [4.78, 5) is 10.7. The van der Waals surface area contributed by atoms with E-state index in [9.17, 15) is 4.79 Å². The molecule has 0 amide bonds.